The zero-order valence-corrected chi connectivity index (χ0v) is 7.44. The smallest absolute Gasteiger partial charge is 0.185 e. The predicted molar refractivity (Wildman–Crippen MR) is 53.0 cm³/mol. The van der Waals surface area contributed by atoms with Gasteiger partial charge in [-0.15, -0.1) is 5.10 Å². The Kier molecular flexibility index (Phi) is 2.88. The minimum atomic E-state index is 0.289. The quantitative estimate of drug-likeness (QED) is 0.268. The maximum atomic E-state index is 5.78. The van der Waals surface area contributed by atoms with E-state index in [2.05, 4.69) is 10.1 Å². The van der Waals surface area contributed by atoms with Crippen LogP contribution in [0.1, 0.15) is 0 Å². The lowest BCUT2D eigenvalue weighted by molar-refractivity contribution is 0.900. The highest BCUT2D eigenvalue weighted by atomic mass is 35.5. The number of hydrazone groups is 1. The minimum absolute atomic E-state index is 0.289. The summed E-state index contributed by atoms with van der Waals surface area (Å²) in [4.78, 5) is 3.87. The molecule has 0 fully saturated rings. The molecule has 0 amide bonds. The first kappa shape index (κ1) is 9.56. The number of nitrogen functional groups attached to an aromatic ring is 1. The Morgan fingerprint density at radius 3 is 2.85 bits per heavy atom. The third-order valence-corrected chi connectivity index (χ3v) is 1.53. The van der Waals surface area contributed by atoms with E-state index in [4.69, 9.17) is 28.9 Å². The molecule has 1 heterocycles. The summed E-state index contributed by atoms with van der Waals surface area (Å²) in [6.45, 7) is 0. The van der Waals surface area contributed by atoms with E-state index < -0.39 is 0 Å². The number of aromatic nitrogens is 1. The Bertz CT molecular complexity index is 325. The van der Waals surface area contributed by atoms with E-state index in [9.17, 15) is 0 Å². The van der Waals surface area contributed by atoms with E-state index >= 15 is 0 Å². The number of hydrogen-bond donors (Lipinski definition) is 3. The van der Waals surface area contributed by atoms with Crippen LogP contribution < -0.4 is 22.4 Å². The predicted octanol–water partition coefficient (Wildman–Crippen LogP) is -0.101. The van der Waals surface area contributed by atoms with Crippen LogP contribution in [0.25, 0.3) is 0 Å². The van der Waals surface area contributed by atoms with Gasteiger partial charge in [-0.05, 0) is 6.07 Å². The Balaban J connectivity index is 3.01. The molecule has 0 unspecified atom stereocenters. The molecular weight excluding hydrogens is 192 g/mol. The lowest BCUT2D eigenvalue weighted by atomic mass is 10.4. The molecule has 13 heavy (non-hydrogen) atoms. The molecule has 0 saturated heterocycles. The van der Waals surface area contributed by atoms with Crippen LogP contribution in [-0.2, 0) is 0 Å². The molecule has 6 N–H and O–H groups in total. The highest BCUT2D eigenvalue weighted by Gasteiger charge is 2.06. The van der Waals surface area contributed by atoms with E-state index in [0.29, 0.717) is 10.7 Å². The maximum Gasteiger partial charge on any atom is 0.185 e. The topological polar surface area (TPSA) is 107 Å². The fraction of sp³-hybridized carbons (Fsp3) is 0. The third-order valence-electron chi connectivity index (χ3n) is 1.25. The number of hydrogen-bond acceptors (Lipinski definition) is 5. The number of hydrazine groups is 1. The molecule has 1 rings (SSSR count). The van der Waals surface area contributed by atoms with Gasteiger partial charge in [-0.1, -0.05) is 11.6 Å². The molecule has 0 aliphatic carbocycles. The van der Waals surface area contributed by atoms with Crippen molar-refractivity contribution in [1.29, 1.82) is 0 Å². The van der Waals surface area contributed by atoms with Crippen molar-refractivity contribution in [2.45, 2.75) is 0 Å². The van der Waals surface area contributed by atoms with Crippen molar-refractivity contribution in [3.63, 3.8) is 0 Å². The molecule has 0 aliphatic rings. The molecule has 1 aromatic rings. The molecule has 0 aromatic carbocycles. The van der Waals surface area contributed by atoms with Gasteiger partial charge >= 0.3 is 0 Å². The van der Waals surface area contributed by atoms with Gasteiger partial charge in [0.1, 0.15) is 6.34 Å². The van der Waals surface area contributed by atoms with E-state index in [1.54, 1.807) is 0 Å². The lowest BCUT2D eigenvalue weighted by Crippen LogP contribution is -2.26. The van der Waals surface area contributed by atoms with Gasteiger partial charge in [-0.2, -0.15) is 5.12 Å². The van der Waals surface area contributed by atoms with Crippen molar-refractivity contribution in [2.75, 3.05) is 10.9 Å². The second-order valence-electron chi connectivity index (χ2n) is 2.18. The number of anilines is 2. The zero-order chi connectivity index (χ0) is 9.84. The van der Waals surface area contributed by atoms with Crippen molar-refractivity contribution in [2.24, 2.45) is 16.7 Å². The molecular formula is C6H9ClN6. The van der Waals surface area contributed by atoms with Crippen LogP contribution in [0.4, 0.5) is 11.5 Å². The summed E-state index contributed by atoms with van der Waals surface area (Å²) in [7, 11) is 0. The van der Waals surface area contributed by atoms with Gasteiger partial charge in [0.15, 0.2) is 5.82 Å². The molecule has 0 atom stereocenters. The number of nitrogens with zero attached hydrogens (tertiary/aromatic N) is 3. The molecule has 0 radical (unpaired) electrons. The third kappa shape index (κ3) is 2.20. The van der Waals surface area contributed by atoms with E-state index in [-0.39, 0.29) is 5.82 Å². The molecule has 0 spiro atoms. The second kappa shape index (κ2) is 3.92. The van der Waals surface area contributed by atoms with Crippen LogP contribution in [0.5, 0.6) is 0 Å². The van der Waals surface area contributed by atoms with Crippen LogP contribution in [0.15, 0.2) is 17.4 Å². The Morgan fingerprint density at radius 2 is 2.31 bits per heavy atom. The summed E-state index contributed by atoms with van der Waals surface area (Å²) in [5, 5.41) is 4.83. The average molecular weight is 201 g/mol. The number of halogens is 1. The standard InChI is InChI=1S/C6H9ClN6/c7-5-1-4(9)2-11-6(5)13(10)12-3-8/h1-3H,9-10H2,(H2,8,12). The molecule has 0 aliphatic heterocycles. The normalized spacial score (nSPS) is 10.6. The minimum Gasteiger partial charge on any atom is -0.397 e. The number of nitrogens with two attached hydrogens (primary N) is 3. The first-order chi connectivity index (χ1) is 6.15. The van der Waals surface area contributed by atoms with E-state index in [1.165, 1.54) is 12.3 Å². The summed E-state index contributed by atoms with van der Waals surface area (Å²) in [6.07, 6.45) is 2.46. The highest BCUT2D eigenvalue weighted by molar-refractivity contribution is 6.33. The second-order valence-corrected chi connectivity index (χ2v) is 2.59. The van der Waals surface area contributed by atoms with E-state index in [1.807, 2.05) is 0 Å². The van der Waals surface area contributed by atoms with Crippen LogP contribution in [-0.4, -0.2) is 11.3 Å². The van der Waals surface area contributed by atoms with Gasteiger partial charge in [0.2, 0.25) is 0 Å². The summed E-state index contributed by atoms with van der Waals surface area (Å²) >= 11 is 5.78. The van der Waals surface area contributed by atoms with Gasteiger partial charge in [-0.25, -0.2) is 10.8 Å². The molecule has 70 valence electrons. The Hall–Kier alpha value is -1.53. The summed E-state index contributed by atoms with van der Waals surface area (Å²) in [5.41, 5.74) is 10.9. The van der Waals surface area contributed by atoms with Gasteiger partial charge in [0, 0.05) is 0 Å². The Labute approximate surface area is 79.9 Å². The van der Waals surface area contributed by atoms with Crippen molar-refractivity contribution in [1.82, 2.24) is 4.98 Å². The SMILES string of the molecule is N/C=N\N(N)c1ncc(N)cc1Cl. The lowest BCUT2D eigenvalue weighted by Gasteiger charge is -2.11. The van der Waals surface area contributed by atoms with Gasteiger partial charge < -0.3 is 11.5 Å². The molecule has 7 heteroatoms. The van der Waals surface area contributed by atoms with Crippen molar-refractivity contribution in [3.05, 3.63) is 17.3 Å². The Morgan fingerprint density at radius 1 is 1.62 bits per heavy atom. The first-order valence-electron chi connectivity index (χ1n) is 3.35. The van der Waals surface area contributed by atoms with Crippen LogP contribution in [0.2, 0.25) is 5.02 Å². The molecule has 0 saturated carbocycles. The monoisotopic (exact) mass is 200 g/mol. The first-order valence-corrected chi connectivity index (χ1v) is 3.73. The fourth-order valence-electron chi connectivity index (χ4n) is 0.741. The molecule has 1 aromatic heterocycles. The number of rotatable bonds is 2. The number of pyridine rings is 1. The van der Waals surface area contributed by atoms with Crippen LogP contribution >= 0.6 is 11.6 Å². The molecule has 0 bridgehead atoms. The van der Waals surface area contributed by atoms with Crippen LogP contribution in [0.3, 0.4) is 0 Å². The van der Waals surface area contributed by atoms with E-state index in [0.717, 1.165) is 11.5 Å². The summed E-state index contributed by atoms with van der Waals surface area (Å²) in [6, 6.07) is 1.52. The summed E-state index contributed by atoms with van der Waals surface area (Å²) < 4.78 is 0. The average Bonchev–Trinajstić information content (AvgIpc) is 2.04. The molecule has 6 nitrogen and oxygen atoms in total. The van der Waals surface area contributed by atoms with Gasteiger partial charge in [0.25, 0.3) is 0 Å². The van der Waals surface area contributed by atoms with Crippen LogP contribution in [0, 0.1) is 0 Å². The largest absolute Gasteiger partial charge is 0.397 e. The maximum absolute atomic E-state index is 5.78. The van der Waals surface area contributed by atoms with Gasteiger partial charge in [0.05, 0.1) is 16.9 Å². The van der Waals surface area contributed by atoms with Gasteiger partial charge in [-0.3, -0.25) is 0 Å². The van der Waals surface area contributed by atoms with Crippen molar-refractivity contribution >= 4 is 29.4 Å². The summed E-state index contributed by atoms with van der Waals surface area (Å²) in [5.74, 6) is 5.71. The van der Waals surface area contributed by atoms with Crippen molar-refractivity contribution < 1.29 is 0 Å². The zero-order valence-electron chi connectivity index (χ0n) is 6.68. The fourth-order valence-corrected chi connectivity index (χ4v) is 1.00. The highest BCUT2D eigenvalue weighted by Crippen LogP contribution is 2.22. The van der Waals surface area contributed by atoms with Crippen molar-refractivity contribution in [3.8, 4) is 0 Å².